The average Bonchev–Trinajstić information content (AvgIpc) is 2.68. The van der Waals surface area contributed by atoms with Gasteiger partial charge in [0.05, 0.1) is 5.69 Å². The monoisotopic (exact) mass is 373 g/mol. The number of hydrogen-bond acceptors (Lipinski definition) is 5. The van der Waals surface area contributed by atoms with Gasteiger partial charge in [-0.1, -0.05) is 23.7 Å². The molecule has 0 bridgehead atoms. The molecule has 1 aliphatic heterocycles. The molecule has 1 fully saturated rings. The van der Waals surface area contributed by atoms with Gasteiger partial charge in [0, 0.05) is 48.7 Å². The van der Waals surface area contributed by atoms with Gasteiger partial charge in [0.15, 0.2) is 0 Å². The highest BCUT2D eigenvalue weighted by atomic mass is 35.5. The summed E-state index contributed by atoms with van der Waals surface area (Å²) in [6.45, 7) is 3.67. The van der Waals surface area contributed by atoms with E-state index in [9.17, 15) is 4.79 Å². The number of benzene rings is 1. The summed E-state index contributed by atoms with van der Waals surface area (Å²) in [5.41, 5.74) is 2.86. The van der Waals surface area contributed by atoms with Gasteiger partial charge in [-0.15, -0.1) is 0 Å². The zero-order chi connectivity index (χ0) is 18.5. The van der Waals surface area contributed by atoms with Crippen LogP contribution in [0.25, 0.3) is 11.3 Å². The van der Waals surface area contributed by atoms with Crippen LogP contribution in [0.3, 0.4) is 0 Å². The second-order valence-corrected chi connectivity index (χ2v) is 7.19. The number of aryl methyl sites for hydroxylation is 1. The summed E-state index contributed by atoms with van der Waals surface area (Å²) in [5, 5.41) is 9.60. The van der Waals surface area contributed by atoms with Gasteiger partial charge in [-0.05, 0) is 37.8 Å². The molecule has 5 nitrogen and oxygen atoms in total. The maximum Gasteiger partial charge on any atom is 0.136 e. The number of rotatable bonds is 6. The Kier molecular flexibility index (Phi) is 6.22. The van der Waals surface area contributed by atoms with E-state index >= 15 is 0 Å². The first-order chi connectivity index (χ1) is 12.6. The van der Waals surface area contributed by atoms with Crippen molar-refractivity contribution in [2.45, 2.75) is 32.6 Å². The summed E-state index contributed by atoms with van der Waals surface area (Å²) in [4.78, 5) is 23.1. The summed E-state index contributed by atoms with van der Waals surface area (Å²) in [5.74, 6) is 1.26. The highest BCUT2D eigenvalue weighted by molar-refractivity contribution is 6.31. The van der Waals surface area contributed by atoms with Gasteiger partial charge >= 0.3 is 0 Å². The summed E-state index contributed by atoms with van der Waals surface area (Å²) in [6, 6.07) is 7.91. The first-order valence-corrected chi connectivity index (χ1v) is 9.43. The number of aromatic nitrogens is 2. The molecule has 6 heteroatoms. The van der Waals surface area contributed by atoms with E-state index in [0.29, 0.717) is 12.8 Å². The Morgan fingerprint density at radius 1 is 1.27 bits per heavy atom. The molecule has 26 heavy (non-hydrogen) atoms. The molecule has 1 N–H and O–H groups in total. The van der Waals surface area contributed by atoms with E-state index in [1.54, 1.807) is 6.33 Å². The van der Waals surface area contributed by atoms with E-state index in [1.165, 1.54) is 0 Å². The molecule has 0 atom stereocenters. The lowest BCUT2D eigenvalue weighted by Gasteiger charge is -2.32. The molecule has 0 unspecified atom stereocenters. The predicted octanol–water partition coefficient (Wildman–Crippen LogP) is 3.66. The fraction of sp³-hybridized carbons (Fsp3) is 0.450. The topological polar surface area (TPSA) is 66.3 Å². The second-order valence-electron chi connectivity index (χ2n) is 6.78. The third kappa shape index (κ3) is 4.40. The summed E-state index contributed by atoms with van der Waals surface area (Å²) < 4.78 is 0. The van der Waals surface area contributed by atoms with Crippen molar-refractivity contribution in [3.8, 4) is 11.3 Å². The first-order valence-electron chi connectivity index (χ1n) is 9.05. The molecular formula is C20H24ClN3O2. The normalized spacial score (nSPS) is 15.3. The molecule has 3 rings (SSSR count). The van der Waals surface area contributed by atoms with E-state index < -0.39 is 0 Å². The van der Waals surface area contributed by atoms with Crippen LogP contribution in [0, 0.1) is 12.8 Å². The number of carbonyl (C=O) groups is 1. The zero-order valence-electron chi connectivity index (χ0n) is 15.0. The van der Waals surface area contributed by atoms with Crippen molar-refractivity contribution >= 4 is 23.2 Å². The maximum absolute atomic E-state index is 12.1. The number of halogens is 1. The molecule has 2 aromatic rings. The Morgan fingerprint density at radius 2 is 2.04 bits per heavy atom. The lowest BCUT2D eigenvalue weighted by atomic mass is 9.90. The molecule has 0 saturated carbocycles. The molecule has 0 radical (unpaired) electrons. The molecule has 1 aromatic heterocycles. The molecule has 0 aliphatic carbocycles. The van der Waals surface area contributed by atoms with Crippen LogP contribution in [-0.2, 0) is 4.79 Å². The van der Waals surface area contributed by atoms with Crippen LogP contribution in [0.15, 0.2) is 30.6 Å². The Balaban J connectivity index is 1.68. The molecular weight excluding hydrogens is 350 g/mol. The number of Topliss-reactive ketones (excluding diaryl/α,β-unsaturated/α-hetero) is 1. The van der Waals surface area contributed by atoms with E-state index in [2.05, 4.69) is 14.9 Å². The molecule has 0 amide bonds. The summed E-state index contributed by atoms with van der Waals surface area (Å²) in [6.07, 6.45) is 4.29. The standard InChI is InChI=1S/C20H24ClN3O2/c1-14-4-5-16(11-17(14)21)18-12-20(23-13-22-18)24-8-6-15(7-9-24)19(26)3-2-10-25/h4-5,11-13,15,25H,2-3,6-10H2,1H3. The van der Waals surface area contributed by atoms with Gasteiger partial charge in [0.25, 0.3) is 0 Å². The van der Waals surface area contributed by atoms with Crippen LogP contribution in [0.5, 0.6) is 0 Å². The summed E-state index contributed by atoms with van der Waals surface area (Å²) >= 11 is 6.23. The number of anilines is 1. The largest absolute Gasteiger partial charge is 0.396 e. The van der Waals surface area contributed by atoms with E-state index in [0.717, 1.165) is 53.6 Å². The van der Waals surface area contributed by atoms with Gasteiger partial charge < -0.3 is 10.0 Å². The first kappa shape index (κ1) is 18.8. The second kappa shape index (κ2) is 8.60. The predicted molar refractivity (Wildman–Crippen MR) is 103 cm³/mol. The highest BCUT2D eigenvalue weighted by Crippen LogP contribution is 2.28. The van der Waals surface area contributed by atoms with Crippen LogP contribution in [0.4, 0.5) is 5.82 Å². The van der Waals surface area contributed by atoms with Crippen LogP contribution in [0.2, 0.25) is 5.02 Å². The molecule has 0 spiro atoms. The molecule has 1 saturated heterocycles. The van der Waals surface area contributed by atoms with Gasteiger partial charge in [-0.25, -0.2) is 9.97 Å². The lowest BCUT2D eigenvalue weighted by Crippen LogP contribution is -2.36. The van der Waals surface area contributed by atoms with Crippen molar-refractivity contribution in [1.82, 2.24) is 9.97 Å². The highest BCUT2D eigenvalue weighted by Gasteiger charge is 2.25. The third-order valence-electron chi connectivity index (χ3n) is 4.98. The van der Waals surface area contributed by atoms with Crippen LogP contribution in [-0.4, -0.2) is 40.6 Å². The van der Waals surface area contributed by atoms with Gasteiger partial charge in [-0.2, -0.15) is 0 Å². The number of aliphatic hydroxyl groups is 1. The van der Waals surface area contributed by atoms with Crippen LogP contribution in [0.1, 0.15) is 31.2 Å². The van der Waals surface area contributed by atoms with E-state index in [4.69, 9.17) is 16.7 Å². The number of nitrogens with zero attached hydrogens (tertiary/aromatic N) is 3. The molecule has 1 aliphatic rings. The number of carbonyl (C=O) groups excluding carboxylic acids is 1. The Morgan fingerprint density at radius 3 is 2.73 bits per heavy atom. The SMILES string of the molecule is Cc1ccc(-c2cc(N3CCC(C(=O)CCCO)CC3)ncn2)cc1Cl. The minimum Gasteiger partial charge on any atom is -0.396 e. The maximum atomic E-state index is 12.1. The van der Waals surface area contributed by atoms with Crippen molar-refractivity contribution in [2.75, 3.05) is 24.6 Å². The quantitative estimate of drug-likeness (QED) is 0.836. The van der Waals surface area contributed by atoms with Crippen LogP contribution >= 0.6 is 11.6 Å². The Bertz CT molecular complexity index is 773. The fourth-order valence-corrected chi connectivity index (χ4v) is 3.50. The Hall–Kier alpha value is -1.98. The van der Waals surface area contributed by atoms with E-state index in [1.807, 2.05) is 31.2 Å². The van der Waals surface area contributed by atoms with Gasteiger partial charge in [-0.3, -0.25) is 4.79 Å². The number of ketones is 1. The average molecular weight is 374 g/mol. The number of piperidine rings is 1. The van der Waals surface area contributed by atoms with Crippen molar-refractivity contribution < 1.29 is 9.90 Å². The smallest absolute Gasteiger partial charge is 0.136 e. The van der Waals surface area contributed by atoms with Gasteiger partial charge in [0.1, 0.15) is 17.9 Å². The van der Waals surface area contributed by atoms with E-state index in [-0.39, 0.29) is 18.3 Å². The fourth-order valence-electron chi connectivity index (χ4n) is 3.32. The minimum absolute atomic E-state index is 0.0807. The van der Waals surface area contributed by atoms with Gasteiger partial charge in [0.2, 0.25) is 0 Å². The Labute approximate surface area is 159 Å². The van der Waals surface area contributed by atoms with Crippen molar-refractivity contribution in [2.24, 2.45) is 5.92 Å². The van der Waals surface area contributed by atoms with Crippen LogP contribution < -0.4 is 4.90 Å². The molecule has 2 heterocycles. The number of aliphatic hydroxyl groups excluding tert-OH is 1. The molecule has 1 aromatic carbocycles. The zero-order valence-corrected chi connectivity index (χ0v) is 15.7. The number of hydrogen-bond donors (Lipinski definition) is 1. The lowest BCUT2D eigenvalue weighted by molar-refractivity contribution is -0.123. The van der Waals surface area contributed by atoms with Crippen molar-refractivity contribution in [3.63, 3.8) is 0 Å². The van der Waals surface area contributed by atoms with Crippen molar-refractivity contribution in [3.05, 3.63) is 41.2 Å². The van der Waals surface area contributed by atoms with Crippen molar-refractivity contribution in [1.29, 1.82) is 0 Å². The third-order valence-corrected chi connectivity index (χ3v) is 5.38. The minimum atomic E-state index is 0.0807. The summed E-state index contributed by atoms with van der Waals surface area (Å²) in [7, 11) is 0. The molecule has 138 valence electrons.